The highest BCUT2D eigenvalue weighted by atomic mass is 35.5. The highest BCUT2D eigenvalue weighted by Crippen LogP contribution is 2.11. The Balaban J connectivity index is 3.31. The quantitative estimate of drug-likeness (QED) is 0.652. The van der Waals surface area contributed by atoms with E-state index in [1.54, 1.807) is 0 Å². The van der Waals surface area contributed by atoms with Crippen molar-refractivity contribution in [2.75, 3.05) is 5.88 Å². The molecule has 0 saturated heterocycles. The second-order valence-corrected chi connectivity index (χ2v) is 3.25. The summed E-state index contributed by atoms with van der Waals surface area (Å²) in [6.45, 7) is 2.08. The zero-order valence-electron chi connectivity index (χ0n) is 6.19. The van der Waals surface area contributed by atoms with Crippen LogP contribution in [0.15, 0.2) is 0 Å². The van der Waals surface area contributed by atoms with Crippen LogP contribution in [0.3, 0.4) is 0 Å². The second-order valence-electron chi connectivity index (χ2n) is 2.38. The van der Waals surface area contributed by atoms with Crippen LogP contribution in [0, 0.1) is 0 Å². The average molecular weight is 185 g/mol. The van der Waals surface area contributed by atoms with Gasteiger partial charge >= 0.3 is 0 Å². The molecule has 1 nitrogen and oxygen atoms in total. The van der Waals surface area contributed by atoms with Crippen molar-refractivity contribution in [2.24, 2.45) is 0 Å². The van der Waals surface area contributed by atoms with Gasteiger partial charge in [0.15, 0.2) is 0 Å². The summed E-state index contributed by atoms with van der Waals surface area (Å²) >= 11 is 11.1. The molecule has 0 aromatic rings. The van der Waals surface area contributed by atoms with Gasteiger partial charge in [0, 0.05) is 5.88 Å². The molecule has 2 unspecified atom stereocenters. The molecule has 10 heavy (non-hydrogen) atoms. The van der Waals surface area contributed by atoms with Gasteiger partial charge in [-0.1, -0.05) is 19.8 Å². The molecular formula is C7H14Cl2O. The predicted octanol–water partition coefficient (Wildman–Crippen LogP) is 2.38. The molecule has 0 bridgehead atoms. The Morgan fingerprint density at radius 1 is 1.50 bits per heavy atom. The van der Waals surface area contributed by atoms with E-state index in [-0.39, 0.29) is 5.38 Å². The molecule has 0 saturated carbocycles. The van der Waals surface area contributed by atoms with Gasteiger partial charge in [0.1, 0.15) is 0 Å². The minimum atomic E-state index is -0.431. The lowest BCUT2D eigenvalue weighted by molar-refractivity contribution is 0.161. The standard InChI is InChI=1S/C7H14Cl2O/c1-2-3-4-7(10)6(9)5-8/h6-7,10H,2-5H2,1H3. The van der Waals surface area contributed by atoms with E-state index < -0.39 is 6.10 Å². The number of unbranched alkanes of at least 4 members (excludes halogenated alkanes) is 1. The van der Waals surface area contributed by atoms with Crippen LogP contribution in [-0.2, 0) is 0 Å². The maximum Gasteiger partial charge on any atom is 0.0730 e. The summed E-state index contributed by atoms with van der Waals surface area (Å²) in [6.07, 6.45) is 2.43. The van der Waals surface area contributed by atoms with E-state index in [4.69, 9.17) is 23.2 Å². The van der Waals surface area contributed by atoms with Gasteiger partial charge in [0.05, 0.1) is 11.5 Å². The first-order valence-corrected chi connectivity index (χ1v) is 4.57. The van der Waals surface area contributed by atoms with Crippen molar-refractivity contribution in [3.63, 3.8) is 0 Å². The molecule has 0 amide bonds. The number of aliphatic hydroxyl groups excluding tert-OH is 1. The van der Waals surface area contributed by atoms with E-state index >= 15 is 0 Å². The van der Waals surface area contributed by atoms with Crippen molar-refractivity contribution < 1.29 is 5.11 Å². The predicted molar refractivity (Wildman–Crippen MR) is 45.9 cm³/mol. The van der Waals surface area contributed by atoms with E-state index in [9.17, 15) is 5.11 Å². The van der Waals surface area contributed by atoms with Gasteiger partial charge in [-0.3, -0.25) is 0 Å². The number of alkyl halides is 2. The van der Waals surface area contributed by atoms with Crippen LogP contribution in [-0.4, -0.2) is 22.5 Å². The van der Waals surface area contributed by atoms with E-state index in [0.29, 0.717) is 5.88 Å². The molecule has 0 aliphatic heterocycles. The number of hydrogen-bond donors (Lipinski definition) is 1. The molecule has 0 aliphatic carbocycles. The Hall–Kier alpha value is 0.540. The molecule has 1 N–H and O–H groups in total. The third-order valence-corrected chi connectivity index (χ3v) is 2.35. The van der Waals surface area contributed by atoms with Gasteiger partial charge in [-0.25, -0.2) is 0 Å². The largest absolute Gasteiger partial charge is 0.392 e. The Bertz CT molecular complexity index is 78.0. The molecule has 0 fully saturated rings. The molecule has 0 aliphatic rings. The maximum atomic E-state index is 9.23. The average Bonchev–Trinajstić information content (AvgIpc) is 1.98. The first kappa shape index (κ1) is 10.5. The molecule has 3 heteroatoms. The van der Waals surface area contributed by atoms with Crippen LogP contribution in [0.1, 0.15) is 26.2 Å². The summed E-state index contributed by atoms with van der Waals surface area (Å²) in [5.41, 5.74) is 0. The molecule has 2 atom stereocenters. The zero-order chi connectivity index (χ0) is 7.98. The fraction of sp³-hybridized carbons (Fsp3) is 1.00. The summed E-state index contributed by atoms with van der Waals surface area (Å²) in [4.78, 5) is 0. The Labute approximate surface area is 72.3 Å². The molecule has 0 aromatic carbocycles. The molecular weight excluding hydrogens is 171 g/mol. The van der Waals surface area contributed by atoms with Crippen LogP contribution in [0.25, 0.3) is 0 Å². The minimum Gasteiger partial charge on any atom is -0.392 e. The lowest BCUT2D eigenvalue weighted by Gasteiger charge is -2.12. The Morgan fingerprint density at radius 2 is 2.10 bits per heavy atom. The third kappa shape index (κ3) is 4.37. The molecule has 62 valence electrons. The van der Waals surface area contributed by atoms with E-state index in [1.165, 1.54) is 0 Å². The molecule has 0 aromatic heterocycles. The van der Waals surface area contributed by atoms with Crippen LogP contribution >= 0.6 is 23.2 Å². The third-order valence-electron chi connectivity index (χ3n) is 1.42. The first-order valence-electron chi connectivity index (χ1n) is 3.60. The molecule has 0 radical (unpaired) electrons. The van der Waals surface area contributed by atoms with Gasteiger partial charge in [0.2, 0.25) is 0 Å². The Kier molecular flexibility index (Phi) is 6.60. The SMILES string of the molecule is CCCCC(O)C(Cl)CCl. The number of hydrogen-bond acceptors (Lipinski definition) is 1. The number of halogens is 2. The summed E-state index contributed by atoms with van der Waals surface area (Å²) in [5.74, 6) is 0.326. The summed E-state index contributed by atoms with van der Waals surface area (Å²) in [5, 5.41) is 8.95. The lowest BCUT2D eigenvalue weighted by atomic mass is 10.1. The summed E-state index contributed by atoms with van der Waals surface area (Å²) in [6, 6.07) is 0. The van der Waals surface area contributed by atoms with Gasteiger partial charge < -0.3 is 5.11 Å². The minimum absolute atomic E-state index is 0.284. The Morgan fingerprint density at radius 3 is 2.50 bits per heavy atom. The highest BCUT2D eigenvalue weighted by molar-refractivity contribution is 6.28. The summed E-state index contributed by atoms with van der Waals surface area (Å²) < 4.78 is 0. The van der Waals surface area contributed by atoms with Crippen LogP contribution in [0.4, 0.5) is 0 Å². The fourth-order valence-electron chi connectivity index (χ4n) is 0.697. The van der Waals surface area contributed by atoms with Gasteiger partial charge in [-0.15, -0.1) is 23.2 Å². The van der Waals surface area contributed by atoms with Gasteiger partial charge in [-0.05, 0) is 6.42 Å². The molecule has 0 rings (SSSR count). The van der Waals surface area contributed by atoms with E-state index in [0.717, 1.165) is 19.3 Å². The van der Waals surface area contributed by atoms with Crippen molar-refractivity contribution >= 4 is 23.2 Å². The van der Waals surface area contributed by atoms with Crippen LogP contribution in [0.5, 0.6) is 0 Å². The summed E-state index contributed by atoms with van der Waals surface area (Å²) in [7, 11) is 0. The first-order chi connectivity index (χ1) is 4.72. The van der Waals surface area contributed by atoms with Crippen LogP contribution in [0.2, 0.25) is 0 Å². The molecule has 0 heterocycles. The van der Waals surface area contributed by atoms with Crippen LogP contribution < -0.4 is 0 Å². The number of rotatable bonds is 5. The fourth-order valence-corrected chi connectivity index (χ4v) is 1.03. The van der Waals surface area contributed by atoms with Crippen molar-refractivity contribution in [3.05, 3.63) is 0 Å². The van der Waals surface area contributed by atoms with Crippen molar-refractivity contribution in [3.8, 4) is 0 Å². The highest BCUT2D eigenvalue weighted by Gasteiger charge is 2.13. The van der Waals surface area contributed by atoms with E-state index in [2.05, 4.69) is 6.92 Å². The van der Waals surface area contributed by atoms with E-state index in [1.807, 2.05) is 0 Å². The monoisotopic (exact) mass is 184 g/mol. The normalized spacial score (nSPS) is 16.8. The second kappa shape index (κ2) is 6.26. The van der Waals surface area contributed by atoms with Crippen molar-refractivity contribution in [1.82, 2.24) is 0 Å². The van der Waals surface area contributed by atoms with Gasteiger partial charge in [-0.2, -0.15) is 0 Å². The lowest BCUT2D eigenvalue weighted by Crippen LogP contribution is -2.21. The topological polar surface area (TPSA) is 20.2 Å². The smallest absolute Gasteiger partial charge is 0.0730 e. The zero-order valence-corrected chi connectivity index (χ0v) is 7.70. The maximum absolute atomic E-state index is 9.23. The van der Waals surface area contributed by atoms with Gasteiger partial charge in [0.25, 0.3) is 0 Å². The number of aliphatic hydroxyl groups is 1. The molecule has 0 spiro atoms. The van der Waals surface area contributed by atoms with Crippen molar-refractivity contribution in [1.29, 1.82) is 0 Å². The van der Waals surface area contributed by atoms with Crippen molar-refractivity contribution in [2.45, 2.75) is 37.7 Å².